The maximum atomic E-state index is 13.5. The number of rotatable bonds is 5. The number of ketones is 1. The molecule has 1 aliphatic carbocycles. The van der Waals surface area contributed by atoms with E-state index in [1.165, 1.54) is 18.2 Å². The van der Waals surface area contributed by atoms with Gasteiger partial charge in [-0.1, -0.05) is 65.2 Å². The largest absolute Gasteiger partial charge is 0.292 e. The molecule has 1 aliphatic heterocycles. The lowest BCUT2D eigenvalue weighted by Gasteiger charge is -2.30. The Balaban J connectivity index is 1.71. The van der Waals surface area contributed by atoms with Crippen LogP contribution in [-0.2, 0) is 9.59 Å². The molecule has 2 atom stereocenters. The van der Waals surface area contributed by atoms with Crippen molar-refractivity contribution >= 4 is 46.7 Å². The Morgan fingerprint density at radius 2 is 1.56 bits per heavy atom. The van der Waals surface area contributed by atoms with E-state index in [1.54, 1.807) is 24.3 Å². The molecule has 0 unspecified atom stereocenters. The quantitative estimate of drug-likeness (QED) is 0.366. The van der Waals surface area contributed by atoms with Crippen LogP contribution in [0.1, 0.15) is 39.1 Å². The molecule has 0 spiro atoms. The predicted molar refractivity (Wildman–Crippen MR) is 120 cm³/mol. The molecule has 6 nitrogen and oxygen atoms in total. The van der Waals surface area contributed by atoms with Crippen molar-refractivity contribution in [3.05, 3.63) is 81.4 Å². The number of carbonyl (C=O) groups excluding carboxylic acids is 4. The Hall–Kier alpha value is -2.96. The van der Waals surface area contributed by atoms with Crippen LogP contribution < -0.4 is 0 Å². The summed E-state index contributed by atoms with van der Waals surface area (Å²) < 4.78 is 0. The van der Waals surface area contributed by atoms with Crippen LogP contribution in [0, 0.1) is 18.8 Å². The van der Waals surface area contributed by atoms with Gasteiger partial charge in [0.25, 0.3) is 17.7 Å². The first kappa shape index (κ1) is 22.2. The summed E-state index contributed by atoms with van der Waals surface area (Å²) in [6.45, 7) is 1.41. The molecule has 164 valence electrons. The molecule has 2 aromatic rings. The van der Waals surface area contributed by atoms with Crippen LogP contribution in [0.5, 0.6) is 0 Å². The molecule has 3 amide bonds. The highest BCUT2D eigenvalue weighted by molar-refractivity contribution is 6.36. The molecule has 0 bridgehead atoms. The van der Waals surface area contributed by atoms with Crippen molar-refractivity contribution in [3.8, 4) is 0 Å². The van der Waals surface area contributed by atoms with Gasteiger partial charge in [0.15, 0.2) is 5.78 Å². The second-order valence-electron chi connectivity index (χ2n) is 7.92. The Kier molecular flexibility index (Phi) is 6.17. The van der Waals surface area contributed by atoms with E-state index in [9.17, 15) is 19.2 Å². The van der Waals surface area contributed by atoms with Crippen LogP contribution in [0.3, 0.4) is 0 Å². The van der Waals surface area contributed by atoms with E-state index in [0.29, 0.717) is 23.4 Å². The number of fused-ring (bicyclic) bond motifs is 1. The third kappa shape index (κ3) is 4.08. The molecule has 1 fully saturated rings. The van der Waals surface area contributed by atoms with Gasteiger partial charge in [-0.05, 0) is 38.0 Å². The van der Waals surface area contributed by atoms with Crippen LogP contribution in [0.15, 0.2) is 54.6 Å². The van der Waals surface area contributed by atoms with Gasteiger partial charge in [-0.15, -0.1) is 0 Å². The standard InChI is InChI=1S/C24H20Cl2N2O4/c1-14-6-8-15(9-7-14)21(29)13-27(22(30)19-11-10-16(25)12-20(19)26)28-23(31)17-4-2-3-5-18(17)24(28)32/h2-3,6-12,17-18H,4-5,13H2,1H3/t17-,18-/m0/s1. The summed E-state index contributed by atoms with van der Waals surface area (Å²) in [6.07, 6.45) is 4.55. The molecule has 0 radical (unpaired) electrons. The number of carbonyl (C=O) groups is 4. The average Bonchev–Trinajstić information content (AvgIpc) is 3.02. The van der Waals surface area contributed by atoms with Crippen LogP contribution in [0.2, 0.25) is 10.0 Å². The molecule has 1 heterocycles. The van der Waals surface area contributed by atoms with Gasteiger partial charge >= 0.3 is 0 Å². The van der Waals surface area contributed by atoms with Crippen molar-refractivity contribution < 1.29 is 19.2 Å². The summed E-state index contributed by atoms with van der Waals surface area (Å²) in [6, 6.07) is 11.1. The van der Waals surface area contributed by atoms with Crippen molar-refractivity contribution in [2.24, 2.45) is 11.8 Å². The minimum absolute atomic E-state index is 0.0429. The minimum Gasteiger partial charge on any atom is -0.292 e. The minimum atomic E-state index is -0.722. The van der Waals surface area contributed by atoms with E-state index < -0.39 is 41.9 Å². The molecular formula is C24H20Cl2N2O4. The third-order valence-corrected chi connectivity index (χ3v) is 6.34. The normalized spacial score (nSPS) is 19.8. The number of halogens is 2. The second kappa shape index (κ2) is 8.88. The number of benzene rings is 2. The summed E-state index contributed by atoms with van der Waals surface area (Å²) in [7, 11) is 0. The van der Waals surface area contributed by atoms with Gasteiger partial charge in [-0.25, -0.2) is 5.01 Å². The van der Waals surface area contributed by atoms with Gasteiger partial charge in [-0.2, -0.15) is 5.01 Å². The molecule has 0 N–H and O–H groups in total. The van der Waals surface area contributed by atoms with Gasteiger partial charge in [0, 0.05) is 10.6 Å². The topological polar surface area (TPSA) is 74.8 Å². The summed E-state index contributed by atoms with van der Waals surface area (Å²) in [4.78, 5) is 52.8. The highest BCUT2D eigenvalue weighted by Gasteiger charge is 2.51. The fourth-order valence-electron chi connectivity index (χ4n) is 4.02. The predicted octanol–water partition coefficient (Wildman–Crippen LogP) is 4.49. The van der Waals surface area contributed by atoms with Gasteiger partial charge in [-0.3, -0.25) is 19.2 Å². The Morgan fingerprint density at radius 1 is 0.969 bits per heavy atom. The summed E-state index contributed by atoms with van der Waals surface area (Å²) >= 11 is 12.2. The molecular weight excluding hydrogens is 451 g/mol. The molecule has 0 aromatic heterocycles. The zero-order valence-corrected chi connectivity index (χ0v) is 18.8. The fraction of sp³-hybridized carbons (Fsp3) is 0.250. The number of amides is 3. The van der Waals surface area contributed by atoms with Crippen LogP contribution in [0.25, 0.3) is 0 Å². The molecule has 4 rings (SSSR count). The fourth-order valence-corrected chi connectivity index (χ4v) is 4.51. The van der Waals surface area contributed by atoms with E-state index in [4.69, 9.17) is 23.2 Å². The van der Waals surface area contributed by atoms with Crippen molar-refractivity contribution in [2.45, 2.75) is 19.8 Å². The van der Waals surface area contributed by atoms with Gasteiger partial charge < -0.3 is 0 Å². The van der Waals surface area contributed by atoms with Gasteiger partial charge in [0.1, 0.15) is 6.54 Å². The summed E-state index contributed by atoms with van der Waals surface area (Å²) in [5, 5.41) is 2.15. The molecule has 32 heavy (non-hydrogen) atoms. The van der Waals surface area contributed by atoms with Crippen molar-refractivity contribution in [1.29, 1.82) is 0 Å². The SMILES string of the molecule is Cc1ccc(C(=O)CN(C(=O)c2ccc(Cl)cc2Cl)N2C(=O)[C@H]3CC=CC[C@@H]3C2=O)cc1. The highest BCUT2D eigenvalue weighted by Crippen LogP contribution is 2.36. The molecule has 8 heteroatoms. The van der Waals surface area contributed by atoms with Gasteiger partial charge in [0.05, 0.1) is 22.4 Å². The Bertz CT molecular complexity index is 1120. The number of Topliss-reactive ketones (excluding diaryl/α,β-unsaturated/α-hetero) is 1. The molecule has 0 saturated carbocycles. The lowest BCUT2D eigenvalue weighted by Crippen LogP contribution is -2.52. The maximum absolute atomic E-state index is 13.5. The van der Waals surface area contributed by atoms with Crippen LogP contribution in [-0.4, -0.2) is 40.1 Å². The number of hydrazine groups is 1. The number of nitrogens with zero attached hydrogens (tertiary/aromatic N) is 2. The molecule has 2 aliphatic rings. The van der Waals surface area contributed by atoms with E-state index >= 15 is 0 Å². The second-order valence-corrected chi connectivity index (χ2v) is 8.76. The lowest BCUT2D eigenvalue weighted by molar-refractivity contribution is -0.154. The summed E-state index contributed by atoms with van der Waals surface area (Å²) in [5.41, 5.74) is 1.39. The first-order chi connectivity index (χ1) is 15.3. The van der Waals surface area contributed by atoms with Gasteiger partial charge in [0.2, 0.25) is 0 Å². The molecule has 1 saturated heterocycles. The average molecular weight is 471 g/mol. The Labute approximate surface area is 195 Å². The van der Waals surface area contributed by atoms with Crippen molar-refractivity contribution in [1.82, 2.24) is 10.0 Å². The zero-order chi connectivity index (χ0) is 23.0. The monoisotopic (exact) mass is 470 g/mol. The first-order valence-corrected chi connectivity index (χ1v) is 10.9. The zero-order valence-electron chi connectivity index (χ0n) is 17.3. The first-order valence-electron chi connectivity index (χ1n) is 10.2. The Morgan fingerprint density at radius 3 is 2.12 bits per heavy atom. The smallest absolute Gasteiger partial charge is 0.274 e. The van der Waals surface area contributed by atoms with Crippen molar-refractivity contribution in [2.75, 3.05) is 6.54 Å². The number of hydrogen-bond acceptors (Lipinski definition) is 4. The van der Waals surface area contributed by atoms with E-state index in [2.05, 4.69) is 0 Å². The number of imide groups is 1. The number of hydrogen-bond donors (Lipinski definition) is 0. The maximum Gasteiger partial charge on any atom is 0.274 e. The van der Waals surface area contributed by atoms with E-state index in [1.807, 2.05) is 19.1 Å². The van der Waals surface area contributed by atoms with E-state index in [0.717, 1.165) is 15.6 Å². The van der Waals surface area contributed by atoms with Crippen LogP contribution >= 0.6 is 23.2 Å². The lowest BCUT2D eigenvalue weighted by atomic mass is 9.85. The molecule has 2 aromatic carbocycles. The summed E-state index contributed by atoms with van der Waals surface area (Å²) in [5.74, 6) is -3.19. The third-order valence-electron chi connectivity index (χ3n) is 5.79. The highest BCUT2D eigenvalue weighted by atomic mass is 35.5. The number of allylic oxidation sites excluding steroid dienone is 2. The number of aryl methyl sites for hydroxylation is 1. The van der Waals surface area contributed by atoms with Crippen molar-refractivity contribution in [3.63, 3.8) is 0 Å². The van der Waals surface area contributed by atoms with E-state index in [-0.39, 0.29) is 10.6 Å². The van der Waals surface area contributed by atoms with Crippen LogP contribution in [0.4, 0.5) is 0 Å².